The average Bonchev–Trinajstić information content (AvgIpc) is 3.09. The number of aliphatic hydroxyl groups excluding tert-OH is 1. The molecule has 1 fully saturated rings. The summed E-state index contributed by atoms with van der Waals surface area (Å²) in [5.74, 6) is 0.269. The Kier molecular flexibility index (Phi) is 5.84. The molecule has 1 aliphatic rings. The molecule has 4 heteroatoms. The predicted octanol–water partition coefficient (Wildman–Crippen LogP) is 5.83. The largest absolute Gasteiger partial charge is 0.512 e. The number of aliphatic hydroxyl groups is 1. The quantitative estimate of drug-likeness (QED) is 0.418. The molecule has 0 spiro atoms. The monoisotopic (exact) mass is 400 g/mol. The molecule has 0 saturated heterocycles. The topological polar surface area (TPSA) is 65.4 Å². The van der Waals surface area contributed by atoms with Gasteiger partial charge in [-0.3, -0.25) is 9.79 Å². The summed E-state index contributed by atoms with van der Waals surface area (Å²) in [6.45, 7) is 4.55. The molecule has 1 aliphatic carbocycles. The Hall–Kier alpha value is -3.14. The number of carbonyl (C=O) groups excluding carboxylic acids is 1. The summed E-state index contributed by atoms with van der Waals surface area (Å²) in [6.07, 6.45) is 2.34. The molecule has 30 heavy (non-hydrogen) atoms. The van der Waals surface area contributed by atoms with E-state index in [2.05, 4.69) is 42.2 Å². The number of rotatable bonds is 5. The number of carbonyl (C=O) groups is 1. The molecular weight excluding hydrogens is 372 g/mol. The zero-order chi connectivity index (χ0) is 21.1. The predicted molar refractivity (Wildman–Crippen MR) is 122 cm³/mol. The first-order chi connectivity index (χ1) is 14.6. The maximum atomic E-state index is 12.9. The Bertz CT molecular complexity index is 1120. The van der Waals surface area contributed by atoms with E-state index >= 15 is 0 Å². The highest BCUT2D eigenvalue weighted by Crippen LogP contribution is 2.33. The third-order valence-electron chi connectivity index (χ3n) is 6.02. The van der Waals surface area contributed by atoms with Crippen LogP contribution in [0.5, 0.6) is 0 Å². The number of para-hydroxylation sites is 1. The van der Waals surface area contributed by atoms with Crippen molar-refractivity contribution in [1.29, 1.82) is 0 Å². The van der Waals surface area contributed by atoms with Crippen LogP contribution in [-0.4, -0.2) is 28.1 Å². The standard InChI is InChI=1S/C26H28N2O2/c1-3-24(29)26-23(15-19(16-25(26)30)18-9-5-4-6-10-18)27-14-13-20-17(2)28-22-12-8-7-11-21(20)22/h4-12,19,28-29H,3,13-16H2,1-2H3/t19-/m0/s1. The molecule has 0 unspecified atom stereocenters. The lowest BCUT2D eigenvalue weighted by Gasteiger charge is -2.26. The zero-order valence-electron chi connectivity index (χ0n) is 17.6. The second kappa shape index (κ2) is 8.70. The van der Waals surface area contributed by atoms with Gasteiger partial charge in [-0.1, -0.05) is 55.5 Å². The molecule has 1 heterocycles. The number of nitrogens with zero attached hydrogens (tertiary/aromatic N) is 1. The van der Waals surface area contributed by atoms with E-state index in [4.69, 9.17) is 4.99 Å². The van der Waals surface area contributed by atoms with Crippen molar-refractivity contribution in [2.75, 3.05) is 6.54 Å². The van der Waals surface area contributed by atoms with E-state index in [0.29, 0.717) is 31.4 Å². The molecule has 3 aromatic rings. The van der Waals surface area contributed by atoms with Gasteiger partial charge in [0.1, 0.15) is 5.76 Å². The number of benzene rings is 2. The van der Waals surface area contributed by atoms with Gasteiger partial charge in [0, 0.05) is 41.7 Å². The number of Topliss-reactive ketones (excluding diaryl/α,β-unsaturated/α-hetero) is 1. The van der Waals surface area contributed by atoms with Crippen molar-refractivity contribution < 1.29 is 9.90 Å². The highest BCUT2D eigenvalue weighted by Gasteiger charge is 2.31. The first-order valence-corrected chi connectivity index (χ1v) is 10.7. The van der Waals surface area contributed by atoms with Crippen molar-refractivity contribution in [3.05, 3.63) is 82.8 Å². The number of aryl methyl sites for hydroxylation is 1. The first kappa shape index (κ1) is 20.1. The molecule has 1 saturated carbocycles. The van der Waals surface area contributed by atoms with Crippen molar-refractivity contribution in [2.24, 2.45) is 4.99 Å². The Morgan fingerprint density at radius 2 is 1.83 bits per heavy atom. The van der Waals surface area contributed by atoms with Gasteiger partial charge in [-0.05, 0) is 42.9 Å². The van der Waals surface area contributed by atoms with Crippen LogP contribution in [0.25, 0.3) is 10.9 Å². The van der Waals surface area contributed by atoms with Crippen molar-refractivity contribution in [2.45, 2.75) is 45.4 Å². The molecule has 0 amide bonds. The van der Waals surface area contributed by atoms with Crippen LogP contribution in [0.3, 0.4) is 0 Å². The highest BCUT2D eigenvalue weighted by molar-refractivity contribution is 6.24. The van der Waals surface area contributed by atoms with E-state index in [9.17, 15) is 9.90 Å². The van der Waals surface area contributed by atoms with E-state index < -0.39 is 0 Å². The third-order valence-corrected chi connectivity index (χ3v) is 6.02. The number of aromatic nitrogens is 1. The number of allylic oxidation sites excluding steroid dienone is 2. The smallest absolute Gasteiger partial charge is 0.168 e. The lowest BCUT2D eigenvalue weighted by molar-refractivity contribution is -0.115. The highest BCUT2D eigenvalue weighted by atomic mass is 16.3. The zero-order valence-corrected chi connectivity index (χ0v) is 17.6. The summed E-state index contributed by atoms with van der Waals surface area (Å²) >= 11 is 0. The molecule has 2 aromatic carbocycles. The number of aromatic amines is 1. The molecule has 4 rings (SSSR count). The van der Waals surface area contributed by atoms with Crippen molar-refractivity contribution in [1.82, 2.24) is 4.98 Å². The summed E-state index contributed by atoms with van der Waals surface area (Å²) in [7, 11) is 0. The number of aliphatic imine (C=N–C) groups is 1. The number of H-pyrrole nitrogens is 1. The summed E-state index contributed by atoms with van der Waals surface area (Å²) in [4.78, 5) is 21.2. The van der Waals surface area contributed by atoms with Gasteiger partial charge < -0.3 is 10.1 Å². The number of hydrogen-bond acceptors (Lipinski definition) is 3. The second-order valence-corrected chi connectivity index (χ2v) is 7.97. The lowest BCUT2D eigenvalue weighted by Crippen LogP contribution is -2.27. The van der Waals surface area contributed by atoms with Crippen LogP contribution in [0.15, 0.2) is 70.9 Å². The summed E-state index contributed by atoms with van der Waals surface area (Å²) < 4.78 is 0. The molecule has 2 N–H and O–H groups in total. The number of fused-ring (bicyclic) bond motifs is 1. The van der Waals surface area contributed by atoms with Crippen LogP contribution in [0, 0.1) is 6.92 Å². The van der Waals surface area contributed by atoms with Crippen LogP contribution < -0.4 is 0 Å². The number of ketones is 1. The van der Waals surface area contributed by atoms with Gasteiger partial charge in [-0.2, -0.15) is 0 Å². The second-order valence-electron chi connectivity index (χ2n) is 7.97. The van der Waals surface area contributed by atoms with Crippen molar-refractivity contribution in [3.63, 3.8) is 0 Å². The summed E-state index contributed by atoms with van der Waals surface area (Å²) in [5.41, 5.74) is 5.91. The molecule has 1 atom stereocenters. The fourth-order valence-corrected chi connectivity index (χ4v) is 4.46. The van der Waals surface area contributed by atoms with E-state index in [1.54, 1.807) is 0 Å². The van der Waals surface area contributed by atoms with Crippen molar-refractivity contribution >= 4 is 22.4 Å². The Morgan fingerprint density at radius 1 is 1.10 bits per heavy atom. The Labute approximate surface area is 177 Å². The molecule has 0 radical (unpaired) electrons. The minimum absolute atomic E-state index is 0.00326. The third kappa shape index (κ3) is 3.95. The molecule has 0 aliphatic heterocycles. The fourth-order valence-electron chi connectivity index (χ4n) is 4.46. The van der Waals surface area contributed by atoms with E-state index in [-0.39, 0.29) is 17.5 Å². The van der Waals surface area contributed by atoms with Crippen LogP contribution in [0.1, 0.15) is 48.9 Å². The number of hydrogen-bond donors (Lipinski definition) is 2. The van der Waals surface area contributed by atoms with Crippen LogP contribution >= 0.6 is 0 Å². The van der Waals surface area contributed by atoms with Crippen molar-refractivity contribution in [3.8, 4) is 0 Å². The Morgan fingerprint density at radius 3 is 2.60 bits per heavy atom. The minimum atomic E-state index is -0.00326. The molecule has 0 bridgehead atoms. The van der Waals surface area contributed by atoms with Gasteiger partial charge in [-0.25, -0.2) is 0 Å². The van der Waals surface area contributed by atoms with E-state index in [1.807, 2.05) is 31.2 Å². The maximum Gasteiger partial charge on any atom is 0.168 e. The molecule has 1 aromatic heterocycles. The molecule has 154 valence electrons. The van der Waals surface area contributed by atoms with Crippen LogP contribution in [-0.2, 0) is 11.2 Å². The fraction of sp³-hybridized carbons (Fsp3) is 0.308. The van der Waals surface area contributed by atoms with Crippen LogP contribution in [0.4, 0.5) is 0 Å². The normalized spacial score (nSPS) is 20.1. The summed E-state index contributed by atoms with van der Waals surface area (Å²) in [6, 6.07) is 18.4. The van der Waals surface area contributed by atoms with Gasteiger partial charge in [0.2, 0.25) is 0 Å². The van der Waals surface area contributed by atoms with Gasteiger partial charge in [-0.15, -0.1) is 0 Å². The molecular formula is C26H28N2O2. The SMILES string of the molecule is CCC(O)=C1C(=O)C[C@@H](c2ccccc2)CC1=NCCc1c(C)[nH]c2ccccc12. The van der Waals surface area contributed by atoms with Gasteiger partial charge in [0.25, 0.3) is 0 Å². The van der Waals surface area contributed by atoms with Gasteiger partial charge in [0.05, 0.1) is 5.57 Å². The first-order valence-electron chi connectivity index (χ1n) is 10.7. The minimum Gasteiger partial charge on any atom is -0.512 e. The molecule has 4 nitrogen and oxygen atoms in total. The van der Waals surface area contributed by atoms with Gasteiger partial charge >= 0.3 is 0 Å². The number of nitrogens with one attached hydrogen (secondary N) is 1. The maximum absolute atomic E-state index is 12.9. The average molecular weight is 401 g/mol. The van der Waals surface area contributed by atoms with Crippen LogP contribution in [0.2, 0.25) is 0 Å². The van der Waals surface area contributed by atoms with E-state index in [1.165, 1.54) is 10.9 Å². The van der Waals surface area contributed by atoms with Gasteiger partial charge in [0.15, 0.2) is 5.78 Å². The lowest BCUT2D eigenvalue weighted by atomic mass is 9.79. The Balaban J connectivity index is 1.61. The van der Waals surface area contributed by atoms with E-state index in [0.717, 1.165) is 28.9 Å². The summed E-state index contributed by atoms with van der Waals surface area (Å²) in [5, 5.41) is 11.6.